The molecule has 0 radical (unpaired) electrons. The maximum atomic E-state index is 13.8. The largest absolute Gasteiger partial charge is 0.417 e. The molecule has 0 heterocycles. The first-order chi connectivity index (χ1) is 18.8. The fourth-order valence-corrected chi connectivity index (χ4v) is 5.66. The van der Waals surface area contributed by atoms with Crippen molar-refractivity contribution in [3.8, 4) is 0 Å². The molecule has 0 aliphatic carbocycles. The third-order valence-corrected chi connectivity index (χ3v) is 8.39. The van der Waals surface area contributed by atoms with E-state index in [0.717, 1.165) is 23.3 Å². The Bertz CT molecular complexity index is 1470. The van der Waals surface area contributed by atoms with Crippen molar-refractivity contribution in [2.45, 2.75) is 44.4 Å². The van der Waals surface area contributed by atoms with Crippen LogP contribution in [0.4, 0.5) is 18.9 Å². The number of carbonyl (C=O) groups is 2. The molecule has 0 bridgehead atoms. The van der Waals surface area contributed by atoms with Crippen molar-refractivity contribution in [3.05, 3.63) is 94.5 Å². The van der Waals surface area contributed by atoms with E-state index in [9.17, 15) is 31.2 Å². The number of nitrogens with one attached hydrogen (secondary N) is 1. The van der Waals surface area contributed by atoms with Crippen LogP contribution in [-0.2, 0) is 32.3 Å². The van der Waals surface area contributed by atoms with Crippen LogP contribution in [0.1, 0.15) is 30.5 Å². The van der Waals surface area contributed by atoms with Gasteiger partial charge in [-0.05, 0) is 62.2 Å². The van der Waals surface area contributed by atoms with Crippen LogP contribution in [0.15, 0.2) is 77.7 Å². The number of anilines is 1. The normalized spacial score (nSPS) is 12.5. The van der Waals surface area contributed by atoms with Crippen LogP contribution < -0.4 is 9.62 Å². The molecule has 0 spiro atoms. The van der Waals surface area contributed by atoms with Crippen LogP contribution in [0, 0.1) is 6.92 Å². The van der Waals surface area contributed by atoms with Crippen LogP contribution in [0.25, 0.3) is 0 Å². The summed E-state index contributed by atoms with van der Waals surface area (Å²) in [5, 5.41) is 2.03. The van der Waals surface area contributed by atoms with Crippen LogP contribution in [0.2, 0.25) is 5.02 Å². The van der Waals surface area contributed by atoms with E-state index in [2.05, 4.69) is 5.32 Å². The van der Waals surface area contributed by atoms with Gasteiger partial charge in [0.1, 0.15) is 12.6 Å². The van der Waals surface area contributed by atoms with Crippen molar-refractivity contribution in [3.63, 3.8) is 0 Å². The van der Waals surface area contributed by atoms with E-state index in [1.54, 1.807) is 25.1 Å². The Morgan fingerprint density at radius 2 is 1.62 bits per heavy atom. The van der Waals surface area contributed by atoms with Crippen molar-refractivity contribution in [1.29, 1.82) is 0 Å². The van der Waals surface area contributed by atoms with Crippen molar-refractivity contribution >= 4 is 39.1 Å². The van der Waals surface area contributed by atoms with Gasteiger partial charge in [-0.3, -0.25) is 13.9 Å². The number of halogens is 4. The van der Waals surface area contributed by atoms with E-state index >= 15 is 0 Å². The van der Waals surface area contributed by atoms with Crippen molar-refractivity contribution in [2.24, 2.45) is 0 Å². The summed E-state index contributed by atoms with van der Waals surface area (Å²) in [4.78, 5) is 27.5. The molecule has 0 unspecified atom stereocenters. The zero-order valence-corrected chi connectivity index (χ0v) is 23.6. The second-order valence-corrected chi connectivity index (χ2v) is 11.3. The standard InChI is InChI=1S/C28H29ClF3N3O4S/c1-4-33-27(37)20(3)34(17-21-11-9-8-10-19(21)2)26(36)18-35(40(38,39)23-12-6-5-7-13-23)22-14-15-25(29)24(16-22)28(30,31)32/h5-16,20H,4,17-18H2,1-3H3,(H,33,37)/t20-/m0/s1. The smallest absolute Gasteiger partial charge is 0.355 e. The highest BCUT2D eigenvalue weighted by molar-refractivity contribution is 7.92. The minimum atomic E-state index is -4.87. The lowest BCUT2D eigenvalue weighted by molar-refractivity contribution is -0.139. The van der Waals surface area contributed by atoms with Gasteiger partial charge in [-0.15, -0.1) is 0 Å². The molecule has 0 saturated carbocycles. The fraction of sp³-hybridized carbons (Fsp3) is 0.286. The molecule has 0 aliphatic heterocycles. The number of benzene rings is 3. The highest BCUT2D eigenvalue weighted by Crippen LogP contribution is 2.38. The van der Waals surface area contributed by atoms with Gasteiger partial charge in [-0.1, -0.05) is 54.1 Å². The minimum absolute atomic E-state index is 0.0303. The molecule has 3 aromatic carbocycles. The van der Waals surface area contributed by atoms with Crippen molar-refractivity contribution in [2.75, 3.05) is 17.4 Å². The second-order valence-electron chi connectivity index (χ2n) is 9.01. The van der Waals surface area contributed by atoms with E-state index < -0.39 is 56.9 Å². The summed E-state index contributed by atoms with van der Waals surface area (Å²) in [5.74, 6) is -1.25. The van der Waals surface area contributed by atoms with Gasteiger partial charge < -0.3 is 10.2 Å². The van der Waals surface area contributed by atoms with Crippen LogP contribution in [0.5, 0.6) is 0 Å². The number of alkyl halides is 3. The zero-order chi connectivity index (χ0) is 29.7. The van der Waals surface area contributed by atoms with Crippen molar-refractivity contribution in [1.82, 2.24) is 10.2 Å². The Balaban J connectivity index is 2.12. The molecule has 7 nitrogen and oxygen atoms in total. The van der Waals surface area contributed by atoms with Crippen LogP contribution >= 0.6 is 11.6 Å². The molecule has 3 rings (SSSR count). The Hall–Kier alpha value is -3.57. The number of aryl methyl sites for hydroxylation is 1. The predicted molar refractivity (Wildman–Crippen MR) is 147 cm³/mol. The van der Waals surface area contributed by atoms with Gasteiger partial charge in [-0.2, -0.15) is 13.2 Å². The summed E-state index contributed by atoms with van der Waals surface area (Å²) in [6.45, 7) is 4.44. The third-order valence-electron chi connectivity index (χ3n) is 6.27. The van der Waals surface area contributed by atoms with E-state index in [0.29, 0.717) is 16.9 Å². The van der Waals surface area contributed by atoms with Gasteiger partial charge in [0.05, 0.1) is 21.2 Å². The first-order valence-corrected chi connectivity index (χ1v) is 14.1. The maximum absolute atomic E-state index is 13.8. The maximum Gasteiger partial charge on any atom is 0.417 e. The molecule has 0 fully saturated rings. The van der Waals surface area contributed by atoms with E-state index in [4.69, 9.17) is 11.6 Å². The van der Waals surface area contributed by atoms with Gasteiger partial charge in [-0.25, -0.2) is 8.42 Å². The number of sulfonamides is 1. The molecule has 1 atom stereocenters. The molecule has 0 saturated heterocycles. The number of carbonyl (C=O) groups excluding carboxylic acids is 2. The molecule has 3 aromatic rings. The van der Waals surface area contributed by atoms with Gasteiger partial charge in [0.25, 0.3) is 10.0 Å². The lowest BCUT2D eigenvalue weighted by Gasteiger charge is -2.32. The minimum Gasteiger partial charge on any atom is -0.355 e. The average molecular weight is 596 g/mol. The molecule has 214 valence electrons. The summed E-state index contributed by atoms with van der Waals surface area (Å²) in [6.07, 6.45) is -4.87. The number of hydrogen-bond donors (Lipinski definition) is 1. The Morgan fingerprint density at radius 3 is 2.23 bits per heavy atom. The topological polar surface area (TPSA) is 86.8 Å². The van der Waals surface area contributed by atoms with Crippen LogP contribution in [0.3, 0.4) is 0 Å². The van der Waals surface area contributed by atoms with Gasteiger partial charge in [0, 0.05) is 13.1 Å². The fourth-order valence-electron chi connectivity index (χ4n) is 4.01. The summed E-state index contributed by atoms with van der Waals surface area (Å²) in [6, 6.07) is 15.8. The number of nitrogens with zero attached hydrogens (tertiary/aromatic N) is 2. The summed E-state index contributed by atoms with van der Waals surface area (Å²) >= 11 is 5.78. The summed E-state index contributed by atoms with van der Waals surface area (Å²) < 4.78 is 69.1. The molecule has 12 heteroatoms. The van der Waals surface area contributed by atoms with E-state index in [1.807, 2.05) is 19.1 Å². The van der Waals surface area contributed by atoms with Crippen LogP contribution in [-0.4, -0.2) is 44.3 Å². The summed E-state index contributed by atoms with van der Waals surface area (Å²) in [5.41, 5.74) is -0.102. The van der Waals surface area contributed by atoms with Gasteiger partial charge >= 0.3 is 6.18 Å². The number of likely N-dealkylation sites (N-methyl/N-ethyl adjacent to an activating group) is 1. The molecule has 0 aliphatic rings. The Kier molecular flexibility index (Phi) is 9.86. The lowest BCUT2D eigenvalue weighted by atomic mass is 10.1. The molecule has 40 heavy (non-hydrogen) atoms. The van der Waals surface area contributed by atoms with E-state index in [-0.39, 0.29) is 11.4 Å². The SMILES string of the molecule is CCNC(=O)[C@H](C)N(Cc1ccccc1C)C(=O)CN(c1ccc(Cl)c(C(F)(F)F)c1)S(=O)(=O)c1ccccc1. The predicted octanol–water partition coefficient (Wildman–Crippen LogP) is 5.42. The monoisotopic (exact) mass is 595 g/mol. The number of hydrogen-bond acceptors (Lipinski definition) is 4. The first kappa shape index (κ1) is 31.0. The molecule has 2 amide bonds. The third kappa shape index (κ3) is 7.14. The van der Waals surface area contributed by atoms with Crippen molar-refractivity contribution < 1.29 is 31.2 Å². The highest BCUT2D eigenvalue weighted by atomic mass is 35.5. The molecule has 0 aromatic heterocycles. The average Bonchev–Trinajstić information content (AvgIpc) is 2.91. The lowest BCUT2D eigenvalue weighted by Crippen LogP contribution is -2.51. The number of rotatable bonds is 10. The highest BCUT2D eigenvalue weighted by Gasteiger charge is 2.37. The second kappa shape index (κ2) is 12.7. The van der Waals surface area contributed by atoms with Gasteiger partial charge in [0.2, 0.25) is 11.8 Å². The molecular formula is C28H29ClF3N3O4S. The Morgan fingerprint density at radius 1 is 1.00 bits per heavy atom. The first-order valence-electron chi connectivity index (χ1n) is 12.3. The molecule has 1 N–H and O–H groups in total. The van der Waals surface area contributed by atoms with Gasteiger partial charge in [0.15, 0.2) is 0 Å². The Labute approximate surface area is 236 Å². The quantitative estimate of drug-likeness (QED) is 0.339. The van der Waals surface area contributed by atoms with E-state index in [1.165, 1.54) is 36.1 Å². The zero-order valence-electron chi connectivity index (χ0n) is 22.1. The molecular weight excluding hydrogens is 567 g/mol. The number of amides is 2. The summed E-state index contributed by atoms with van der Waals surface area (Å²) in [7, 11) is -4.52.